The van der Waals surface area contributed by atoms with Gasteiger partial charge < -0.3 is 30.1 Å². The molecule has 244 valence electrons. The first kappa shape index (κ1) is 35.9. The standard InChI is InChI=1S/C33H48Cl2N4O5/c1-21(2)36-33(42)37-26-11-13-30-27(16-26)32(41)39(23(4)20-40)17-22(3)31(43-14-8-7-9-24(5)44-30)19-38(6)18-25-10-12-28(34)29(35)15-25/h10-13,15-16,21-24,31,40H,7-9,14,17-20H2,1-6H3,(H2,36,37,42)/t22-,23-,24+,31-/m1/s1. The third kappa shape index (κ3) is 10.8. The molecule has 44 heavy (non-hydrogen) atoms. The second-order valence-electron chi connectivity index (χ2n) is 12.2. The molecule has 11 heteroatoms. The minimum absolute atomic E-state index is 0.0429. The molecule has 0 fully saturated rings. The Kier molecular flexibility index (Phi) is 14.1. The van der Waals surface area contributed by atoms with Gasteiger partial charge in [-0.2, -0.15) is 0 Å². The number of aliphatic hydroxyl groups is 1. The second-order valence-corrected chi connectivity index (χ2v) is 13.0. The van der Waals surface area contributed by atoms with Crippen LogP contribution < -0.4 is 15.4 Å². The number of hydrogen-bond acceptors (Lipinski definition) is 6. The van der Waals surface area contributed by atoms with Gasteiger partial charge in [0, 0.05) is 43.9 Å². The first-order valence-corrected chi connectivity index (χ1v) is 16.2. The van der Waals surface area contributed by atoms with Crippen LogP contribution in [-0.4, -0.2) is 84.5 Å². The topological polar surface area (TPSA) is 103 Å². The van der Waals surface area contributed by atoms with Gasteiger partial charge in [-0.3, -0.25) is 9.69 Å². The fraction of sp³-hybridized carbons (Fsp3) is 0.576. The number of anilines is 1. The lowest BCUT2D eigenvalue weighted by atomic mass is 10.0. The molecule has 9 nitrogen and oxygen atoms in total. The number of amides is 3. The highest BCUT2D eigenvalue weighted by atomic mass is 35.5. The summed E-state index contributed by atoms with van der Waals surface area (Å²) in [6.45, 7) is 11.7. The molecule has 0 aromatic heterocycles. The molecule has 3 rings (SSSR count). The van der Waals surface area contributed by atoms with Gasteiger partial charge in [0.1, 0.15) is 5.75 Å². The van der Waals surface area contributed by atoms with Crippen molar-refractivity contribution >= 4 is 40.8 Å². The maximum Gasteiger partial charge on any atom is 0.319 e. The SMILES string of the molecule is CC(C)NC(=O)Nc1ccc2c(c1)C(=O)N([C@H](C)CO)C[C@@H](C)[C@@H](CN(C)Cc1ccc(Cl)c(Cl)c1)OCCCC[C@H](C)O2. The van der Waals surface area contributed by atoms with Gasteiger partial charge in [-0.25, -0.2) is 4.79 Å². The Morgan fingerprint density at radius 3 is 2.55 bits per heavy atom. The van der Waals surface area contributed by atoms with E-state index >= 15 is 0 Å². The number of benzene rings is 2. The second kappa shape index (κ2) is 17.2. The number of aliphatic hydroxyl groups excluding tert-OH is 1. The summed E-state index contributed by atoms with van der Waals surface area (Å²) in [7, 11) is 2.03. The Balaban J connectivity index is 1.90. The average molecular weight is 652 g/mol. The van der Waals surface area contributed by atoms with Crippen LogP contribution in [0.5, 0.6) is 5.75 Å². The summed E-state index contributed by atoms with van der Waals surface area (Å²) in [6.07, 6.45) is 2.27. The zero-order valence-corrected chi connectivity index (χ0v) is 28.3. The highest BCUT2D eigenvalue weighted by molar-refractivity contribution is 6.42. The molecule has 3 N–H and O–H groups in total. The predicted molar refractivity (Wildman–Crippen MR) is 177 cm³/mol. The molecular weight excluding hydrogens is 603 g/mol. The van der Waals surface area contributed by atoms with Crippen LogP contribution in [0.25, 0.3) is 0 Å². The van der Waals surface area contributed by atoms with Crippen LogP contribution >= 0.6 is 23.2 Å². The van der Waals surface area contributed by atoms with Crippen molar-refractivity contribution in [2.75, 3.05) is 38.7 Å². The van der Waals surface area contributed by atoms with Gasteiger partial charge in [0.15, 0.2) is 0 Å². The van der Waals surface area contributed by atoms with E-state index in [-0.39, 0.29) is 42.7 Å². The summed E-state index contributed by atoms with van der Waals surface area (Å²) in [6, 6.07) is 9.89. The molecular formula is C33H48Cl2N4O5. The van der Waals surface area contributed by atoms with Gasteiger partial charge in [0.2, 0.25) is 0 Å². The Morgan fingerprint density at radius 2 is 1.86 bits per heavy atom. The molecule has 0 spiro atoms. The number of hydrogen-bond donors (Lipinski definition) is 3. The number of nitrogens with zero attached hydrogens (tertiary/aromatic N) is 2. The van der Waals surface area contributed by atoms with Gasteiger partial charge in [-0.05, 0) is 89.9 Å². The Labute approximate surface area is 272 Å². The summed E-state index contributed by atoms with van der Waals surface area (Å²) in [5.41, 5.74) is 1.85. The maximum atomic E-state index is 14.2. The molecule has 0 unspecified atom stereocenters. The van der Waals surface area contributed by atoms with Crippen molar-refractivity contribution in [2.45, 2.75) is 84.7 Å². The van der Waals surface area contributed by atoms with Crippen LogP contribution in [0.1, 0.15) is 69.8 Å². The Bertz CT molecular complexity index is 1250. The summed E-state index contributed by atoms with van der Waals surface area (Å²) in [5.74, 6) is 0.105. The summed E-state index contributed by atoms with van der Waals surface area (Å²) < 4.78 is 12.7. The molecule has 1 heterocycles. The molecule has 0 radical (unpaired) electrons. The summed E-state index contributed by atoms with van der Waals surface area (Å²) >= 11 is 12.4. The van der Waals surface area contributed by atoms with Crippen molar-refractivity contribution in [2.24, 2.45) is 5.92 Å². The fourth-order valence-electron chi connectivity index (χ4n) is 5.21. The molecule has 0 bridgehead atoms. The van der Waals surface area contributed by atoms with Gasteiger partial charge in [0.25, 0.3) is 5.91 Å². The van der Waals surface area contributed by atoms with Crippen LogP contribution in [-0.2, 0) is 11.3 Å². The number of nitrogens with one attached hydrogen (secondary N) is 2. The van der Waals surface area contributed by atoms with Crippen molar-refractivity contribution in [1.29, 1.82) is 0 Å². The van der Waals surface area contributed by atoms with Crippen LogP contribution in [0.3, 0.4) is 0 Å². The molecule has 3 amide bonds. The first-order valence-electron chi connectivity index (χ1n) is 15.4. The molecule has 0 saturated heterocycles. The summed E-state index contributed by atoms with van der Waals surface area (Å²) in [4.78, 5) is 30.5. The maximum absolute atomic E-state index is 14.2. The lowest BCUT2D eigenvalue weighted by Crippen LogP contribution is -2.47. The van der Waals surface area contributed by atoms with E-state index in [0.29, 0.717) is 53.3 Å². The molecule has 2 aromatic carbocycles. The van der Waals surface area contributed by atoms with Crippen molar-refractivity contribution < 1.29 is 24.2 Å². The highest BCUT2D eigenvalue weighted by Gasteiger charge is 2.30. The van der Waals surface area contributed by atoms with Crippen LogP contribution in [0.15, 0.2) is 36.4 Å². The zero-order chi connectivity index (χ0) is 32.4. The van der Waals surface area contributed by atoms with E-state index in [4.69, 9.17) is 32.7 Å². The number of rotatable bonds is 8. The molecule has 1 aliphatic heterocycles. The van der Waals surface area contributed by atoms with Crippen LogP contribution in [0.4, 0.5) is 10.5 Å². The number of fused-ring (bicyclic) bond motifs is 1. The number of carbonyl (C=O) groups is 2. The minimum Gasteiger partial charge on any atom is -0.490 e. The normalized spacial score (nSPS) is 20.9. The average Bonchev–Trinajstić information content (AvgIpc) is 2.96. The number of halogens is 2. The number of ether oxygens (including phenoxy) is 2. The van der Waals surface area contributed by atoms with E-state index in [1.165, 1.54) is 0 Å². The monoisotopic (exact) mass is 650 g/mol. The van der Waals surface area contributed by atoms with E-state index in [1.807, 2.05) is 46.9 Å². The smallest absolute Gasteiger partial charge is 0.319 e. The summed E-state index contributed by atoms with van der Waals surface area (Å²) in [5, 5.41) is 16.8. The first-order chi connectivity index (χ1) is 20.9. The molecule has 2 aromatic rings. The number of urea groups is 1. The van der Waals surface area contributed by atoms with Crippen molar-refractivity contribution in [3.63, 3.8) is 0 Å². The highest BCUT2D eigenvalue weighted by Crippen LogP contribution is 2.29. The van der Waals surface area contributed by atoms with E-state index in [2.05, 4.69) is 22.5 Å². The van der Waals surface area contributed by atoms with E-state index in [0.717, 1.165) is 24.8 Å². The van der Waals surface area contributed by atoms with Crippen molar-refractivity contribution in [3.8, 4) is 5.75 Å². The zero-order valence-electron chi connectivity index (χ0n) is 26.7. The quantitative estimate of drug-likeness (QED) is 0.303. The minimum atomic E-state index is -0.460. The number of carbonyl (C=O) groups excluding carboxylic acids is 2. The number of likely N-dealkylation sites (N-methyl/N-ethyl adjacent to an activating group) is 1. The third-order valence-electron chi connectivity index (χ3n) is 7.66. The van der Waals surface area contributed by atoms with Crippen molar-refractivity contribution in [3.05, 3.63) is 57.6 Å². The third-order valence-corrected chi connectivity index (χ3v) is 8.40. The van der Waals surface area contributed by atoms with Gasteiger partial charge >= 0.3 is 6.03 Å². The largest absolute Gasteiger partial charge is 0.490 e. The molecule has 0 saturated carbocycles. The van der Waals surface area contributed by atoms with Gasteiger partial charge in [-0.1, -0.05) is 36.2 Å². The van der Waals surface area contributed by atoms with Gasteiger partial charge in [-0.15, -0.1) is 0 Å². The molecule has 0 aliphatic carbocycles. The Hall–Kier alpha value is -2.56. The van der Waals surface area contributed by atoms with Crippen LogP contribution in [0, 0.1) is 5.92 Å². The van der Waals surface area contributed by atoms with E-state index in [9.17, 15) is 14.7 Å². The lowest BCUT2D eigenvalue weighted by molar-refractivity contribution is -0.0177. The van der Waals surface area contributed by atoms with Crippen molar-refractivity contribution in [1.82, 2.24) is 15.1 Å². The van der Waals surface area contributed by atoms with Crippen LogP contribution in [0.2, 0.25) is 10.0 Å². The molecule has 1 aliphatic rings. The van der Waals surface area contributed by atoms with Gasteiger partial charge in [0.05, 0.1) is 40.5 Å². The fourth-order valence-corrected chi connectivity index (χ4v) is 5.53. The molecule has 4 atom stereocenters. The predicted octanol–water partition coefficient (Wildman–Crippen LogP) is 6.45. The van der Waals surface area contributed by atoms with E-state index in [1.54, 1.807) is 29.2 Å². The lowest BCUT2D eigenvalue weighted by Gasteiger charge is -2.36. The van der Waals surface area contributed by atoms with E-state index < -0.39 is 6.04 Å². The Morgan fingerprint density at radius 1 is 1.11 bits per heavy atom.